The molecule has 2 aromatic rings. The summed E-state index contributed by atoms with van der Waals surface area (Å²) >= 11 is 0. The fourth-order valence-corrected chi connectivity index (χ4v) is 5.41. The Balaban J connectivity index is 1.28. The van der Waals surface area contributed by atoms with Gasteiger partial charge in [0.2, 0.25) is 5.91 Å². The van der Waals surface area contributed by atoms with Crippen LogP contribution in [0.15, 0.2) is 60.7 Å². The molecule has 2 aromatic carbocycles. The number of hydrogen-bond donors (Lipinski definition) is 0. The zero-order valence-corrected chi connectivity index (χ0v) is 18.4. The van der Waals surface area contributed by atoms with Gasteiger partial charge in [-0.2, -0.15) is 0 Å². The number of amides is 1. The van der Waals surface area contributed by atoms with Crippen LogP contribution in [-0.2, 0) is 14.3 Å². The van der Waals surface area contributed by atoms with Crippen molar-refractivity contribution >= 4 is 12.2 Å². The van der Waals surface area contributed by atoms with Gasteiger partial charge in [-0.25, -0.2) is 0 Å². The molecule has 2 unspecified atom stereocenters. The molecule has 1 aliphatic carbocycles. The second-order valence-corrected chi connectivity index (χ2v) is 9.05. The monoisotopic (exact) mass is 433 g/mol. The largest absolute Gasteiger partial charge is 0.378 e. The summed E-state index contributed by atoms with van der Waals surface area (Å²) in [6.07, 6.45) is 1.69. The first kappa shape index (κ1) is 21.3. The van der Waals surface area contributed by atoms with Crippen molar-refractivity contribution in [3.63, 3.8) is 0 Å². The van der Waals surface area contributed by atoms with E-state index in [0.29, 0.717) is 32.7 Å². The number of piperazine rings is 1. The molecule has 2 aliphatic heterocycles. The Morgan fingerprint density at radius 1 is 0.875 bits per heavy atom. The Kier molecular flexibility index (Phi) is 6.09. The molecule has 168 valence electrons. The van der Waals surface area contributed by atoms with Crippen molar-refractivity contribution < 1.29 is 14.3 Å². The molecule has 0 spiro atoms. The average Bonchev–Trinajstić information content (AvgIpc) is 3.62. The summed E-state index contributed by atoms with van der Waals surface area (Å²) in [7, 11) is 0. The Bertz CT molecular complexity index is 884. The smallest absolute Gasteiger partial charge is 0.228 e. The van der Waals surface area contributed by atoms with Gasteiger partial charge in [-0.1, -0.05) is 60.7 Å². The van der Waals surface area contributed by atoms with Crippen molar-refractivity contribution in [2.75, 3.05) is 52.5 Å². The third kappa shape index (κ3) is 3.98. The highest BCUT2D eigenvalue weighted by atomic mass is 16.5. The molecule has 6 nitrogen and oxygen atoms in total. The van der Waals surface area contributed by atoms with Gasteiger partial charge in [-0.15, -0.1) is 0 Å². The second kappa shape index (κ2) is 9.14. The van der Waals surface area contributed by atoms with E-state index in [4.69, 9.17) is 4.74 Å². The van der Waals surface area contributed by atoms with Crippen molar-refractivity contribution in [1.82, 2.24) is 14.7 Å². The van der Waals surface area contributed by atoms with E-state index < -0.39 is 5.54 Å². The van der Waals surface area contributed by atoms with E-state index >= 15 is 0 Å². The number of carbonyl (C=O) groups excluding carboxylic acids is 2. The Morgan fingerprint density at radius 2 is 1.44 bits per heavy atom. The summed E-state index contributed by atoms with van der Waals surface area (Å²) in [6.45, 7) is 5.76. The van der Waals surface area contributed by atoms with Gasteiger partial charge < -0.3 is 14.4 Å². The topological polar surface area (TPSA) is 53.1 Å². The lowest BCUT2D eigenvalue weighted by molar-refractivity contribution is -0.139. The van der Waals surface area contributed by atoms with Crippen LogP contribution in [0.5, 0.6) is 0 Å². The van der Waals surface area contributed by atoms with Gasteiger partial charge in [0, 0.05) is 39.3 Å². The van der Waals surface area contributed by atoms with Crippen molar-refractivity contribution in [3.05, 3.63) is 71.8 Å². The molecule has 2 atom stereocenters. The summed E-state index contributed by atoms with van der Waals surface area (Å²) in [5, 5.41) is 0. The van der Waals surface area contributed by atoms with Crippen molar-refractivity contribution in [2.24, 2.45) is 5.92 Å². The van der Waals surface area contributed by atoms with Crippen LogP contribution in [0.4, 0.5) is 0 Å². The maximum absolute atomic E-state index is 13.0. The third-order valence-electron chi connectivity index (χ3n) is 7.30. The van der Waals surface area contributed by atoms with Gasteiger partial charge >= 0.3 is 0 Å². The fraction of sp³-hybridized carbons (Fsp3) is 0.462. The number of ether oxygens (including phenoxy) is 1. The van der Waals surface area contributed by atoms with Crippen LogP contribution >= 0.6 is 0 Å². The predicted octanol–water partition coefficient (Wildman–Crippen LogP) is 2.21. The maximum atomic E-state index is 13.0. The average molecular weight is 434 g/mol. The normalized spacial score (nSPS) is 26.8. The van der Waals surface area contributed by atoms with E-state index in [2.05, 4.69) is 70.5 Å². The summed E-state index contributed by atoms with van der Waals surface area (Å²) in [4.78, 5) is 31.8. The lowest BCUT2D eigenvalue weighted by Crippen LogP contribution is -2.54. The van der Waals surface area contributed by atoms with Gasteiger partial charge in [0.05, 0.1) is 30.7 Å². The maximum Gasteiger partial charge on any atom is 0.228 e. The molecule has 6 heteroatoms. The lowest BCUT2D eigenvalue weighted by atomic mass is 9.96. The molecule has 0 radical (unpaired) electrons. The highest BCUT2D eigenvalue weighted by Gasteiger charge is 2.63. The number of aldehydes is 1. The van der Waals surface area contributed by atoms with Gasteiger partial charge in [-0.3, -0.25) is 14.6 Å². The SMILES string of the molecule is O=CC1(N2CCN(C(c3ccccc3)c3ccccc3)CC2)CC1C(=O)N1CCOCC1. The molecular weight excluding hydrogens is 402 g/mol. The second-order valence-electron chi connectivity index (χ2n) is 9.05. The molecule has 32 heavy (non-hydrogen) atoms. The van der Waals surface area contributed by atoms with Gasteiger partial charge in [0.1, 0.15) is 6.29 Å². The molecule has 0 aromatic heterocycles. The Labute approximate surface area is 189 Å². The summed E-state index contributed by atoms with van der Waals surface area (Å²) < 4.78 is 5.37. The number of carbonyl (C=O) groups is 2. The first-order chi connectivity index (χ1) is 15.7. The van der Waals surface area contributed by atoms with Gasteiger partial charge in [-0.05, 0) is 17.5 Å². The first-order valence-corrected chi connectivity index (χ1v) is 11.6. The standard InChI is InChI=1S/C26H31N3O3/c30-20-26(19-23(26)25(31)28-15-17-32-18-16-28)29-13-11-27(12-14-29)24(21-7-3-1-4-8-21)22-9-5-2-6-10-22/h1-10,20,23-24H,11-19H2. The van der Waals surface area contributed by atoms with E-state index in [9.17, 15) is 9.59 Å². The Hall–Kier alpha value is -2.54. The highest BCUT2D eigenvalue weighted by molar-refractivity contribution is 5.91. The molecule has 3 fully saturated rings. The summed E-state index contributed by atoms with van der Waals surface area (Å²) in [5.74, 6) is -0.0852. The fourth-order valence-electron chi connectivity index (χ4n) is 5.41. The van der Waals surface area contributed by atoms with E-state index in [0.717, 1.165) is 32.5 Å². The minimum absolute atomic E-state index is 0.120. The third-order valence-corrected chi connectivity index (χ3v) is 7.30. The summed E-state index contributed by atoms with van der Waals surface area (Å²) in [6, 6.07) is 21.4. The minimum Gasteiger partial charge on any atom is -0.378 e. The number of morpholine rings is 1. The highest BCUT2D eigenvalue weighted by Crippen LogP contribution is 2.48. The molecule has 5 rings (SSSR count). The number of rotatable bonds is 6. The van der Waals surface area contributed by atoms with E-state index in [1.807, 2.05) is 4.90 Å². The zero-order valence-electron chi connectivity index (χ0n) is 18.4. The van der Waals surface area contributed by atoms with E-state index in [1.165, 1.54) is 11.1 Å². The van der Waals surface area contributed by atoms with Crippen molar-refractivity contribution in [3.8, 4) is 0 Å². The van der Waals surface area contributed by atoms with Crippen molar-refractivity contribution in [1.29, 1.82) is 0 Å². The molecule has 1 amide bonds. The van der Waals surface area contributed by atoms with Crippen LogP contribution in [0.2, 0.25) is 0 Å². The van der Waals surface area contributed by atoms with Gasteiger partial charge in [0.25, 0.3) is 0 Å². The molecule has 2 saturated heterocycles. The molecule has 2 heterocycles. The predicted molar refractivity (Wildman–Crippen MR) is 122 cm³/mol. The zero-order chi connectivity index (χ0) is 22.0. The van der Waals surface area contributed by atoms with Crippen LogP contribution in [0.25, 0.3) is 0 Å². The van der Waals surface area contributed by atoms with Crippen LogP contribution in [0.3, 0.4) is 0 Å². The van der Waals surface area contributed by atoms with E-state index in [-0.39, 0.29) is 17.9 Å². The first-order valence-electron chi connectivity index (χ1n) is 11.6. The molecule has 0 N–H and O–H groups in total. The molecule has 0 bridgehead atoms. The van der Waals surface area contributed by atoms with Crippen LogP contribution in [0.1, 0.15) is 23.6 Å². The number of nitrogens with zero attached hydrogens (tertiary/aromatic N) is 3. The van der Waals surface area contributed by atoms with Crippen molar-refractivity contribution in [2.45, 2.75) is 18.0 Å². The van der Waals surface area contributed by atoms with Crippen LogP contribution in [0, 0.1) is 5.92 Å². The lowest BCUT2D eigenvalue weighted by Gasteiger charge is -2.42. The number of benzene rings is 2. The van der Waals surface area contributed by atoms with Crippen LogP contribution < -0.4 is 0 Å². The van der Waals surface area contributed by atoms with E-state index in [1.54, 1.807) is 0 Å². The minimum atomic E-state index is -0.615. The van der Waals surface area contributed by atoms with Gasteiger partial charge in [0.15, 0.2) is 0 Å². The molecular formula is C26H31N3O3. The quantitative estimate of drug-likeness (QED) is 0.654. The Morgan fingerprint density at radius 3 is 1.97 bits per heavy atom. The number of hydrogen-bond acceptors (Lipinski definition) is 5. The molecule has 3 aliphatic rings. The van der Waals surface area contributed by atoms with Crippen LogP contribution in [-0.4, -0.2) is 84.9 Å². The summed E-state index contributed by atoms with van der Waals surface area (Å²) in [5.41, 5.74) is 1.95. The molecule has 1 saturated carbocycles.